The Morgan fingerprint density at radius 2 is 1.70 bits per heavy atom. The molecule has 0 aliphatic heterocycles. The maximum atomic E-state index is 9.01. The molecule has 3 unspecified atom stereocenters. The van der Waals surface area contributed by atoms with Crippen LogP contribution in [0.1, 0.15) is 13.3 Å². The molecule has 0 saturated heterocycles. The summed E-state index contributed by atoms with van der Waals surface area (Å²) in [5.41, 5.74) is 5.04. The molecule has 0 aliphatic rings. The molecule has 0 aromatic rings. The highest BCUT2D eigenvalue weighted by molar-refractivity contribution is 4.74. The monoisotopic (exact) mass is 149 g/mol. The fourth-order valence-corrected chi connectivity index (χ4v) is 0.637. The van der Waals surface area contributed by atoms with E-state index < -0.39 is 18.3 Å². The van der Waals surface area contributed by atoms with E-state index in [1.807, 2.05) is 0 Å². The maximum absolute atomic E-state index is 9.01. The Labute approximate surface area is 60.3 Å². The van der Waals surface area contributed by atoms with Crippen molar-refractivity contribution in [3.63, 3.8) is 0 Å². The number of hydrogen-bond donors (Lipinski definition) is 4. The third-order valence-corrected chi connectivity index (χ3v) is 1.45. The first-order valence-corrected chi connectivity index (χ1v) is 3.37. The van der Waals surface area contributed by atoms with E-state index in [1.165, 1.54) is 0 Å². The molecular weight excluding hydrogens is 134 g/mol. The van der Waals surface area contributed by atoms with Crippen molar-refractivity contribution in [3.05, 3.63) is 0 Å². The van der Waals surface area contributed by atoms with Crippen molar-refractivity contribution in [2.75, 3.05) is 6.54 Å². The van der Waals surface area contributed by atoms with Crippen molar-refractivity contribution in [2.45, 2.75) is 31.7 Å². The fourth-order valence-electron chi connectivity index (χ4n) is 0.637. The summed E-state index contributed by atoms with van der Waals surface area (Å²) in [6.45, 7) is 1.69. The Morgan fingerprint density at radius 3 is 2.00 bits per heavy atom. The van der Waals surface area contributed by atoms with E-state index in [0.717, 1.165) is 0 Å². The molecule has 3 atom stereocenters. The molecule has 0 saturated carbocycles. The van der Waals surface area contributed by atoms with Gasteiger partial charge in [-0.05, 0) is 6.42 Å². The van der Waals surface area contributed by atoms with E-state index in [-0.39, 0.29) is 6.54 Å². The van der Waals surface area contributed by atoms with Crippen molar-refractivity contribution in [1.29, 1.82) is 0 Å². The summed E-state index contributed by atoms with van der Waals surface area (Å²) in [5.74, 6) is 0. The average molecular weight is 149 g/mol. The highest BCUT2D eigenvalue weighted by atomic mass is 16.4. The standard InChI is InChI=1S/C6H15NO3/c1-2-4(8)6(10)5(9)3-7/h4-6,8-10H,2-3,7H2,1H3. The number of rotatable bonds is 4. The van der Waals surface area contributed by atoms with Crippen molar-refractivity contribution in [3.8, 4) is 0 Å². The van der Waals surface area contributed by atoms with Gasteiger partial charge in [0.1, 0.15) is 6.10 Å². The van der Waals surface area contributed by atoms with Gasteiger partial charge in [-0.25, -0.2) is 0 Å². The summed E-state index contributed by atoms with van der Waals surface area (Å²) in [4.78, 5) is 0. The molecule has 0 aromatic heterocycles. The van der Waals surface area contributed by atoms with Gasteiger partial charge >= 0.3 is 0 Å². The van der Waals surface area contributed by atoms with Gasteiger partial charge in [0.25, 0.3) is 0 Å². The Bertz CT molecular complexity index is 79.1. The molecule has 0 aliphatic carbocycles. The minimum atomic E-state index is -1.12. The lowest BCUT2D eigenvalue weighted by atomic mass is 10.1. The van der Waals surface area contributed by atoms with Gasteiger partial charge in [-0.15, -0.1) is 0 Å². The summed E-state index contributed by atoms with van der Waals surface area (Å²) in [7, 11) is 0. The van der Waals surface area contributed by atoms with Gasteiger partial charge < -0.3 is 21.1 Å². The number of aliphatic hydroxyl groups excluding tert-OH is 3. The van der Waals surface area contributed by atoms with Gasteiger partial charge in [0.05, 0.1) is 12.2 Å². The molecule has 4 nitrogen and oxygen atoms in total. The Morgan fingerprint density at radius 1 is 1.20 bits per heavy atom. The first kappa shape index (κ1) is 9.84. The topological polar surface area (TPSA) is 86.7 Å². The van der Waals surface area contributed by atoms with Crippen molar-refractivity contribution >= 4 is 0 Å². The lowest BCUT2D eigenvalue weighted by Crippen LogP contribution is -2.41. The van der Waals surface area contributed by atoms with Crippen LogP contribution in [0.25, 0.3) is 0 Å². The predicted octanol–water partition coefficient (Wildman–Crippen LogP) is -1.56. The third-order valence-electron chi connectivity index (χ3n) is 1.45. The summed E-state index contributed by atoms with van der Waals surface area (Å²) < 4.78 is 0. The van der Waals surface area contributed by atoms with Crippen LogP contribution in [0, 0.1) is 0 Å². The molecular formula is C6H15NO3. The Kier molecular flexibility index (Phi) is 4.55. The van der Waals surface area contributed by atoms with Crippen LogP contribution in [-0.4, -0.2) is 40.2 Å². The summed E-state index contributed by atoms with van der Waals surface area (Å²) in [5, 5.41) is 26.9. The van der Waals surface area contributed by atoms with Crippen LogP contribution < -0.4 is 5.73 Å². The second-order valence-electron chi connectivity index (χ2n) is 2.27. The van der Waals surface area contributed by atoms with Crippen LogP contribution in [0.3, 0.4) is 0 Å². The first-order chi connectivity index (χ1) is 4.63. The van der Waals surface area contributed by atoms with Crippen LogP contribution in [0.5, 0.6) is 0 Å². The first-order valence-electron chi connectivity index (χ1n) is 3.37. The smallest absolute Gasteiger partial charge is 0.107 e. The SMILES string of the molecule is CCC(O)C(O)C(O)CN. The lowest BCUT2D eigenvalue weighted by Gasteiger charge is -2.20. The van der Waals surface area contributed by atoms with Gasteiger partial charge in [0, 0.05) is 6.54 Å². The van der Waals surface area contributed by atoms with Gasteiger partial charge in [-0.3, -0.25) is 0 Å². The minimum absolute atomic E-state index is 0.0295. The summed E-state index contributed by atoms with van der Waals surface area (Å²) in [6.07, 6.45) is -2.60. The maximum Gasteiger partial charge on any atom is 0.107 e. The fraction of sp³-hybridized carbons (Fsp3) is 1.00. The minimum Gasteiger partial charge on any atom is -0.390 e. The molecule has 0 aromatic carbocycles. The number of hydrogen-bond acceptors (Lipinski definition) is 4. The van der Waals surface area contributed by atoms with Gasteiger partial charge in [0.2, 0.25) is 0 Å². The van der Waals surface area contributed by atoms with Crippen molar-refractivity contribution < 1.29 is 15.3 Å². The van der Waals surface area contributed by atoms with E-state index >= 15 is 0 Å². The number of nitrogens with two attached hydrogens (primary N) is 1. The highest BCUT2D eigenvalue weighted by Gasteiger charge is 2.21. The van der Waals surface area contributed by atoms with E-state index in [4.69, 9.17) is 21.1 Å². The molecule has 10 heavy (non-hydrogen) atoms. The van der Waals surface area contributed by atoms with Crippen LogP contribution >= 0.6 is 0 Å². The molecule has 0 rings (SSSR count). The third kappa shape index (κ3) is 2.62. The summed E-state index contributed by atoms with van der Waals surface area (Å²) in [6, 6.07) is 0. The predicted molar refractivity (Wildman–Crippen MR) is 37.4 cm³/mol. The Hall–Kier alpha value is -0.160. The van der Waals surface area contributed by atoms with E-state index in [2.05, 4.69) is 0 Å². The van der Waals surface area contributed by atoms with Crippen LogP contribution in [-0.2, 0) is 0 Å². The average Bonchev–Trinajstić information content (AvgIpc) is 2.00. The zero-order valence-corrected chi connectivity index (χ0v) is 6.07. The van der Waals surface area contributed by atoms with Crippen LogP contribution in [0.15, 0.2) is 0 Å². The lowest BCUT2D eigenvalue weighted by molar-refractivity contribution is -0.0558. The van der Waals surface area contributed by atoms with E-state index in [1.54, 1.807) is 6.92 Å². The largest absolute Gasteiger partial charge is 0.390 e. The molecule has 0 amide bonds. The number of aliphatic hydroxyl groups is 3. The highest BCUT2D eigenvalue weighted by Crippen LogP contribution is 2.01. The van der Waals surface area contributed by atoms with Crippen molar-refractivity contribution in [2.24, 2.45) is 5.73 Å². The normalized spacial score (nSPS) is 20.1. The van der Waals surface area contributed by atoms with Crippen molar-refractivity contribution in [1.82, 2.24) is 0 Å². The molecule has 5 N–H and O–H groups in total. The molecule has 0 fully saturated rings. The Balaban J connectivity index is 3.69. The zero-order chi connectivity index (χ0) is 8.15. The molecule has 0 bridgehead atoms. The molecule has 0 spiro atoms. The molecule has 0 radical (unpaired) electrons. The molecule has 62 valence electrons. The van der Waals surface area contributed by atoms with Gasteiger partial charge in [-0.2, -0.15) is 0 Å². The zero-order valence-electron chi connectivity index (χ0n) is 6.07. The second-order valence-corrected chi connectivity index (χ2v) is 2.27. The van der Waals surface area contributed by atoms with Crippen LogP contribution in [0.2, 0.25) is 0 Å². The molecule has 0 heterocycles. The summed E-state index contributed by atoms with van der Waals surface area (Å²) >= 11 is 0. The van der Waals surface area contributed by atoms with E-state index in [0.29, 0.717) is 6.42 Å². The van der Waals surface area contributed by atoms with Crippen LogP contribution in [0.4, 0.5) is 0 Å². The molecule has 4 heteroatoms. The van der Waals surface area contributed by atoms with E-state index in [9.17, 15) is 0 Å². The second kappa shape index (κ2) is 4.62. The quantitative estimate of drug-likeness (QED) is 0.389. The van der Waals surface area contributed by atoms with Gasteiger partial charge in [-0.1, -0.05) is 6.92 Å². The van der Waals surface area contributed by atoms with Gasteiger partial charge in [0.15, 0.2) is 0 Å².